The lowest BCUT2D eigenvalue weighted by atomic mass is 9.90. The molecule has 0 aromatic heterocycles. The fourth-order valence-corrected chi connectivity index (χ4v) is 3.61. The molecule has 0 bridgehead atoms. The molecule has 1 aromatic rings. The minimum atomic E-state index is -0.945. The molecule has 4 rings (SSSR count). The van der Waals surface area contributed by atoms with Crippen molar-refractivity contribution >= 4 is 17.3 Å². The van der Waals surface area contributed by atoms with E-state index < -0.39 is 11.6 Å². The number of anilines is 1. The Kier molecular flexibility index (Phi) is 3.48. The van der Waals surface area contributed by atoms with Gasteiger partial charge in [0, 0.05) is 24.6 Å². The van der Waals surface area contributed by atoms with Gasteiger partial charge in [-0.3, -0.25) is 9.59 Å². The van der Waals surface area contributed by atoms with Gasteiger partial charge < -0.3 is 10.2 Å². The van der Waals surface area contributed by atoms with Crippen LogP contribution in [0, 0.1) is 11.6 Å². The van der Waals surface area contributed by atoms with Crippen LogP contribution in [0.5, 0.6) is 0 Å². The molecule has 24 heavy (non-hydrogen) atoms. The molecule has 0 atom stereocenters. The highest BCUT2D eigenvalue weighted by atomic mass is 19.2. The number of rotatable bonds is 1. The highest BCUT2D eigenvalue weighted by Crippen LogP contribution is 2.40. The van der Waals surface area contributed by atoms with E-state index in [2.05, 4.69) is 5.32 Å². The summed E-state index contributed by atoms with van der Waals surface area (Å²) in [6, 6.07) is 3.67. The van der Waals surface area contributed by atoms with Crippen molar-refractivity contribution in [3.63, 3.8) is 0 Å². The quantitative estimate of drug-likeness (QED) is 0.858. The lowest BCUT2D eigenvalue weighted by Crippen LogP contribution is -2.42. The third kappa shape index (κ3) is 2.25. The van der Waals surface area contributed by atoms with Crippen molar-refractivity contribution in [3.05, 3.63) is 52.6 Å². The predicted octanol–water partition coefficient (Wildman–Crippen LogP) is 3.30. The van der Waals surface area contributed by atoms with Crippen LogP contribution in [0.2, 0.25) is 0 Å². The Balaban J connectivity index is 1.90. The average molecular weight is 330 g/mol. The van der Waals surface area contributed by atoms with Gasteiger partial charge in [-0.1, -0.05) is 0 Å². The molecule has 1 aromatic carbocycles. The largest absolute Gasteiger partial charge is 0.347 e. The standard InChI is InChI=1S/C18H16F2N2O2/c19-11-8-7-10(9-12(11)20)22-13-3-1-5-15(23)17(13)21-18-14(22)4-2-6-16(18)24/h7-9,21H,1-6H2. The van der Waals surface area contributed by atoms with Crippen LogP contribution in [0.3, 0.4) is 0 Å². The number of halogens is 2. The zero-order chi connectivity index (χ0) is 16.8. The SMILES string of the molecule is O=C1CCCC2=C1NC1=C(CCCC1=O)N2c1ccc(F)c(F)c1. The smallest absolute Gasteiger partial charge is 0.180 e. The summed E-state index contributed by atoms with van der Waals surface area (Å²) in [5.74, 6) is -1.96. The van der Waals surface area contributed by atoms with Gasteiger partial charge in [-0.05, 0) is 37.8 Å². The Labute approximate surface area is 137 Å². The Morgan fingerprint density at radius 2 is 1.42 bits per heavy atom. The third-order valence-electron chi connectivity index (χ3n) is 4.72. The molecule has 0 saturated heterocycles. The zero-order valence-corrected chi connectivity index (χ0v) is 13.0. The molecule has 3 aliphatic rings. The van der Waals surface area contributed by atoms with Crippen LogP contribution in [0.4, 0.5) is 14.5 Å². The van der Waals surface area contributed by atoms with Crippen LogP contribution >= 0.6 is 0 Å². The van der Waals surface area contributed by atoms with E-state index in [0.29, 0.717) is 55.6 Å². The van der Waals surface area contributed by atoms with Crippen molar-refractivity contribution in [1.29, 1.82) is 0 Å². The van der Waals surface area contributed by atoms with Crippen LogP contribution in [0.25, 0.3) is 0 Å². The summed E-state index contributed by atoms with van der Waals surface area (Å²) >= 11 is 0. The van der Waals surface area contributed by atoms with Gasteiger partial charge in [0.05, 0.1) is 11.4 Å². The van der Waals surface area contributed by atoms with E-state index in [0.717, 1.165) is 23.5 Å². The van der Waals surface area contributed by atoms with E-state index in [4.69, 9.17) is 0 Å². The van der Waals surface area contributed by atoms with Crippen molar-refractivity contribution in [2.24, 2.45) is 0 Å². The average Bonchev–Trinajstić information content (AvgIpc) is 2.57. The Morgan fingerprint density at radius 1 is 0.833 bits per heavy atom. The van der Waals surface area contributed by atoms with Crippen molar-refractivity contribution in [2.45, 2.75) is 38.5 Å². The summed E-state index contributed by atoms with van der Waals surface area (Å²) in [7, 11) is 0. The van der Waals surface area contributed by atoms with Crippen molar-refractivity contribution in [1.82, 2.24) is 5.32 Å². The van der Waals surface area contributed by atoms with E-state index in [1.807, 2.05) is 0 Å². The van der Waals surface area contributed by atoms with E-state index in [-0.39, 0.29) is 11.6 Å². The molecule has 0 amide bonds. The fourth-order valence-electron chi connectivity index (χ4n) is 3.61. The summed E-state index contributed by atoms with van der Waals surface area (Å²) in [5, 5.41) is 3.03. The normalized spacial score (nSPS) is 20.8. The second-order valence-electron chi connectivity index (χ2n) is 6.26. The van der Waals surface area contributed by atoms with Gasteiger partial charge in [0.25, 0.3) is 0 Å². The third-order valence-corrected chi connectivity index (χ3v) is 4.72. The maximum absolute atomic E-state index is 13.8. The van der Waals surface area contributed by atoms with Gasteiger partial charge in [-0.2, -0.15) is 0 Å². The zero-order valence-electron chi connectivity index (χ0n) is 13.0. The molecule has 0 unspecified atom stereocenters. The number of carbonyl (C=O) groups is 2. The van der Waals surface area contributed by atoms with E-state index >= 15 is 0 Å². The molecule has 6 heteroatoms. The molecule has 124 valence electrons. The van der Waals surface area contributed by atoms with Crippen molar-refractivity contribution in [3.8, 4) is 0 Å². The lowest BCUT2D eigenvalue weighted by molar-refractivity contribution is -0.117. The van der Waals surface area contributed by atoms with Crippen molar-refractivity contribution in [2.75, 3.05) is 4.90 Å². The van der Waals surface area contributed by atoms with Crippen LogP contribution < -0.4 is 10.2 Å². The maximum Gasteiger partial charge on any atom is 0.180 e. The van der Waals surface area contributed by atoms with Crippen LogP contribution in [-0.2, 0) is 9.59 Å². The minimum absolute atomic E-state index is 0.0474. The minimum Gasteiger partial charge on any atom is -0.347 e. The molecular formula is C18H16F2N2O2. The van der Waals surface area contributed by atoms with Gasteiger partial charge >= 0.3 is 0 Å². The van der Waals surface area contributed by atoms with Crippen LogP contribution in [-0.4, -0.2) is 11.6 Å². The Morgan fingerprint density at radius 3 is 1.96 bits per heavy atom. The number of hydrogen-bond donors (Lipinski definition) is 1. The highest BCUT2D eigenvalue weighted by molar-refractivity contribution is 6.04. The van der Waals surface area contributed by atoms with E-state index in [9.17, 15) is 18.4 Å². The highest BCUT2D eigenvalue weighted by Gasteiger charge is 2.37. The molecule has 1 N–H and O–H groups in total. The first kappa shape index (κ1) is 15.1. The monoisotopic (exact) mass is 330 g/mol. The molecule has 4 nitrogen and oxygen atoms in total. The Hall–Kier alpha value is -2.50. The van der Waals surface area contributed by atoms with Gasteiger partial charge in [-0.15, -0.1) is 0 Å². The summed E-state index contributed by atoms with van der Waals surface area (Å²) in [6.45, 7) is 0. The molecule has 1 heterocycles. The summed E-state index contributed by atoms with van der Waals surface area (Å²) in [5.41, 5.74) is 2.76. The number of allylic oxidation sites excluding steroid dienone is 4. The second kappa shape index (κ2) is 5.54. The van der Waals surface area contributed by atoms with Crippen molar-refractivity contribution < 1.29 is 18.4 Å². The number of carbonyl (C=O) groups excluding carboxylic acids is 2. The topological polar surface area (TPSA) is 49.4 Å². The summed E-state index contributed by atoms with van der Waals surface area (Å²) in [6.07, 6.45) is 3.56. The number of ketones is 2. The van der Waals surface area contributed by atoms with Crippen LogP contribution in [0.15, 0.2) is 41.0 Å². The number of benzene rings is 1. The molecule has 0 saturated carbocycles. The fraction of sp³-hybridized carbons (Fsp3) is 0.333. The molecule has 0 spiro atoms. The number of hydrogen-bond acceptors (Lipinski definition) is 4. The molecule has 0 radical (unpaired) electrons. The first-order chi connectivity index (χ1) is 11.6. The van der Waals surface area contributed by atoms with E-state index in [1.165, 1.54) is 6.07 Å². The van der Waals surface area contributed by atoms with Gasteiger partial charge in [0.15, 0.2) is 23.2 Å². The van der Waals surface area contributed by atoms with Crippen LogP contribution in [0.1, 0.15) is 38.5 Å². The van der Waals surface area contributed by atoms with Gasteiger partial charge in [0.2, 0.25) is 0 Å². The summed E-state index contributed by atoms with van der Waals surface area (Å²) in [4.78, 5) is 26.4. The van der Waals surface area contributed by atoms with Gasteiger partial charge in [-0.25, -0.2) is 8.78 Å². The maximum atomic E-state index is 13.8. The molecular weight excluding hydrogens is 314 g/mol. The molecule has 2 aliphatic carbocycles. The summed E-state index contributed by atoms with van der Waals surface area (Å²) < 4.78 is 27.1. The van der Waals surface area contributed by atoms with E-state index in [1.54, 1.807) is 4.90 Å². The second-order valence-corrected chi connectivity index (χ2v) is 6.26. The van der Waals surface area contributed by atoms with Gasteiger partial charge in [0.1, 0.15) is 11.4 Å². The first-order valence-corrected chi connectivity index (χ1v) is 8.11. The Bertz CT molecular complexity index is 784. The number of nitrogens with one attached hydrogen (secondary N) is 1. The predicted molar refractivity (Wildman–Crippen MR) is 83.7 cm³/mol. The molecule has 1 aliphatic heterocycles. The first-order valence-electron chi connectivity index (χ1n) is 8.11. The molecule has 0 fully saturated rings. The number of nitrogens with zero attached hydrogens (tertiary/aromatic N) is 1. The number of Topliss-reactive ketones (excluding diaryl/α,β-unsaturated/α-hetero) is 2. The lowest BCUT2D eigenvalue weighted by Gasteiger charge is -2.40.